The highest BCUT2D eigenvalue weighted by molar-refractivity contribution is 7.90. The molecule has 0 aliphatic heterocycles. The van der Waals surface area contributed by atoms with Crippen molar-refractivity contribution in [2.75, 3.05) is 6.26 Å². The van der Waals surface area contributed by atoms with E-state index in [2.05, 4.69) is 16.7 Å². The number of hydrogen-bond acceptors (Lipinski definition) is 5. The van der Waals surface area contributed by atoms with Gasteiger partial charge in [0.1, 0.15) is 5.69 Å². The van der Waals surface area contributed by atoms with Crippen LogP contribution in [0.25, 0.3) is 28.1 Å². The van der Waals surface area contributed by atoms with Crippen LogP contribution in [0.1, 0.15) is 29.8 Å². The lowest BCUT2D eigenvalue weighted by atomic mass is 9.98. The number of allylic oxidation sites excluding steroid dienone is 5. The molecule has 6 nitrogen and oxygen atoms in total. The molecular formula is C28H23ClF3N3O3S. The predicted molar refractivity (Wildman–Crippen MR) is 145 cm³/mol. The molecule has 11 heteroatoms. The van der Waals surface area contributed by atoms with E-state index in [4.69, 9.17) is 16.0 Å². The largest absolute Gasteiger partial charge is 0.440 e. The Balaban J connectivity index is 1.93. The van der Waals surface area contributed by atoms with Crippen LogP contribution in [0.3, 0.4) is 0 Å². The first-order valence-corrected chi connectivity index (χ1v) is 13.8. The maximum Gasteiger partial charge on any atom is 0.435 e. The number of halogens is 4. The Bertz CT molecular complexity index is 1710. The van der Waals surface area contributed by atoms with Gasteiger partial charge in [0, 0.05) is 35.5 Å². The lowest BCUT2D eigenvalue weighted by molar-refractivity contribution is -0.141. The highest BCUT2D eigenvalue weighted by Crippen LogP contribution is 2.38. The van der Waals surface area contributed by atoms with Gasteiger partial charge in [0.25, 0.3) is 0 Å². The Morgan fingerprint density at radius 1 is 1.13 bits per heavy atom. The highest BCUT2D eigenvalue weighted by Gasteiger charge is 2.34. The van der Waals surface area contributed by atoms with Gasteiger partial charge in [-0.1, -0.05) is 48.5 Å². The maximum atomic E-state index is 13.3. The number of nitrogens with zero attached hydrogens (tertiary/aromatic N) is 3. The zero-order valence-corrected chi connectivity index (χ0v) is 22.7. The molecule has 2 heterocycles. The number of aromatic nitrogens is 3. The van der Waals surface area contributed by atoms with E-state index in [-0.39, 0.29) is 21.9 Å². The van der Waals surface area contributed by atoms with Crippen LogP contribution in [0.4, 0.5) is 13.2 Å². The Morgan fingerprint density at radius 2 is 1.82 bits per heavy atom. The molecule has 0 N–H and O–H groups in total. The van der Waals surface area contributed by atoms with E-state index in [0.717, 1.165) is 23.2 Å². The number of rotatable bonds is 7. The molecule has 0 radical (unpaired) electrons. The van der Waals surface area contributed by atoms with Crippen LogP contribution >= 0.6 is 11.6 Å². The minimum atomic E-state index is -4.65. The van der Waals surface area contributed by atoms with Crippen LogP contribution in [0.2, 0.25) is 5.02 Å². The van der Waals surface area contributed by atoms with Gasteiger partial charge in [0.05, 0.1) is 10.6 Å². The van der Waals surface area contributed by atoms with E-state index in [0.29, 0.717) is 33.3 Å². The van der Waals surface area contributed by atoms with Crippen molar-refractivity contribution in [1.29, 1.82) is 0 Å². The average molecular weight is 574 g/mol. The number of oxazole rings is 1. The first-order valence-electron chi connectivity index (χ1n) is 11.5. The minimum absolute atomic E-state index is 0.0791. The van der Waals surface area contributed by atoms with Crippen molar-refractivity contribution in [1.82, 2.24) is 14.8 Å². The van der Waals surface area contributed by atoms with Crippen molar-refractivity contribution in [3.05, 3.63) is 107 Å². The second-order valence-electron chi connectivity index (χ2n) is 8.61. The molecule has 0 amide bonds. The average Bonchev–Trinajstić information content (AvgIpc) is 3.52. The van der Waals surface area contributed by atoms with Gasteiger partial charge in [0.15, 0.2) is 27.2 Å². The topological polar surface area (TPSA) is 78.0 Å². The fraction of sp³-hybridized carbons (Fsp3) is 0.143. The van der Waals surface area contributed by atoms with Gasteiger partial charge in [-0.3, -0.25) is 0 Å². The van der Waals surface area contributed by atoms with Crippen LogP contribution in [-0.2, 0) is 16.0 Å². The summed E-state index contributed by atoms with van der Waals surface area (Å²) >= 11 is 6.05. The summed E-state index contributed by atoms with van der Waals surface area (Å²) in [6, 6.07) is 14.0. The van der Waals surface area contributed by atoms with Gasteiger partial charge in [-0.05, 0) is 54.5 Å². The van der Waals surface area contributed by atoms with Crippen molar-refractivity contribution in [2.24, 2.45) is 0 Å². The highest BCUT2D eigenvalue weighted by atomic mass is 35.5. The minimum Gasteiger partial charge on any atom is -0.440 e. The summed E-state index contributed by atoms with van der Waals surface area (Å²) in [7, 11) is -3.49. The third-order valence-electron chi connectivity index (χ3n) is 5.77. The summed E-state index contributed by atoms with van der Waals surface area (Å²) in [5.74, 6) is 0.550. The van der Waals surface area contributed by atoms with Crippen molar-refractivity contribution in [3.8, 4) is 11.3 Å². The fourth-order valence-corrected chi connectivity index (χ4v) is 4.63. The molecule has 0 bridgehead atoms. The second-order valence-corrected chi connectivity index (χ2v) is 11.1. The van der Waals surface area contributed by atoms with Crippen molar-refractivity contribution < 1.29 is 26.0 Å². The Kier molecular flexibility index (Phi) is 7.72. The molecule has 0 spiro atoms. The molecule has 0 saturated carbocycles. The third-order valence-corrected chi connectivity index (χ3v) is 7.13. The van der Waals surface area contributed by atoms with Crippen molar-refractivity contribution in [2.45, 2.75) is 24.9 Å². The first kappa shape index (κ1) is 28.1. The van der Waals surface area contributed by atoms with Crippen LogP contribution in [-0.4, -0.2) is 29.4 Å². The van der Waals surface area contributed by atoms with E-state index in [1.807, 2.05) is 0 Å². The SMILES string of the molecule is C=C(/C(=C\C(=C/C)c1cccc(S(C)(=O)=O)c1)c1oc(C)nc1-c1ccc(Cl)cc1)n1ccc(C(F)(F)F)n1. The van der Waals surface area contributed by atoms with Gasteiger partial charge in [0.2, 0.25) is 0 Å². The van der Waals surface area contributed by atoms with Crippen molar-refractivity contribution in [3.63, 3.8) is 0 Å². The number of alkyl halides is 3. The third kappa shape index (κ3) is 6.23. The molecule has 2 aromatic carbocycles. The molecule has 4 rings (SSSR count). The van der Waals surface area contributed by atoms with Crippen LogP contribution < -0.4 is 0 Å². The number of sulfone groups is 1. The summed E-state index contributed by atoms with van der Waals surface area (Å²) in [6.45, 7) is 7.42. The van der Waals surface area contributed by atoms with Gasteiger partial charge in [-0.25, -0.2) is 18.1 Å². The van der Waals surface area contributed by atoms with E-state index >= 15 is 0 Å². The Hall–Kier alpha value is -3.89. The smallest absolute Gasteiger partial charge is 0.435 e. The first-order chi connectivity index (χ1) is 18.3. The Morgan fingerprint density at radius 3 is 2.41 bits per heavy atom. The summed E-state index contributed by atoms with van der Waals surface area (Å²) in [5.41, 5.74) is 1.48. The lowest BCUT2D eigenvalue weighted by Crippen LogP contribution is -2.08. The lowest BCUT2D eigenvalue weighted by Gasteiger charge is -2.13. The van der Waals surface area contributed by atoms with Crippen molar-refractivity contribution >= 4 is 38.3 Å². The second kappa shape index (κ2) is 10.7. The summed E-state index contributed by atoms with van der Waals surface area (Å²) < 4.78 is 71.2. The fourth-order valence-electron chi connectivity index (χ4n) is 3.84. The van der Waals surface area contributed by atoms with E-state index < -0.39 is 21.7 Å². The number of benzene rings is 2. The molecule has 0 unspecified atom stereocenters. The molecule has 2 aromatic heterocycles. The normalized spacial score (nSPS) is 13.1. The molecule has 0 fully saturated rings. The molecule has 0 atom stereocenters. The van der Waals surface area contributed by atoms with Gasteiger partial charge in [-0.2, -0.15) is 18.3 Å². The summed E-state index contributed by atoms with van der Waals surface area (Å²) in [4.78, 5) is 4.62. The maximum absolute atomic E-state index is 13.3. The Labute approximate surface area is 228 Å². The van der Waals surface area contributed by atoms with Gasteiger partial charge >= 0.3 is 6.18 Å². The number of aryl methyl sites for hydroxylation is 1. The van der Waals surface area contributed by atoms with E-state index in [9.17, 15) is 21.6 Å². The standard InChI is InChI=1S/C28H23ClF3N3O3S/c1-5-19(21-7-6-8-23(15-21)39(4,36)37)16-24(17(2)35-14-13-25(34-35)28(30,31)32)27-26(33-18(3)38-27)20-9-11-22(29)12-10-20/h5-16H,2H2,1,3-4H3/b19-5+,24-16+. The number of hydrogen-bond donors (Lipinski definition) is 0. The summed E-state index contributed by atoms with van der Waals surface area (Å²) in [5, 5.41) is 4.19. The zero-order chi connectivity index (χ0) is 28.5. The van der Waals surface area contributed by atoms with Gasteiger partial charge < -0.3 is 4.42 Å². The van der Waals surface area contributed by atoms with Crippen LogP contribution in [0, 0.1) is 6.92 Å². The monoisotopic (exact) mass is 573 g/mol. The molecule has 4 aromatic rings. The molecule has 202 valence electrons. The molecule has 39 heavy (non-hydrogen) atoms. The van der Waals surface area contributed by atoms with E-state index in [1.165, 1.54) is 12.1 Å². The van der Waals surface area contributed by atoms with E-state index in [1.54, 1.807) is 62.4 Å². The summed E-state index contributed by atoms with van der Waals surface area (Å²) in [6.07, 6.45) is 1.01. The molecular weight excluding hydrogens is 551 g/mol. The van der Waals surface area contributed by atoms with Gasteiger partial charge in [-0.15, -0.1) is 0 Å². The quantitative estimate of drug-likeness (QED) is 0.213. The molecule has 0 aliphatic carbocycles. The van der Waals surface area contributed by atoms with Crippen LogP contribution in [0.5, 0.6) is 0 Å². The van der Waals surface area contributed by atoms with Crippen LogP contribution in [0.15, 0.2) is 88.8 Å². The molecule has 0 saturated heterocycles. The molecule has 0 aliphatic rings. The predicted octanol–water partition coefficient (Wildman–Crippen LogP) is 7.58. The zero-order valence-electron chi connectivity index (χ0n) is 21.1.